The average molecular weight is 949 g/mol. The molecule has 1 N–H and O–H groups in total. The van der Waals surface area contributed by atoms with Crippen molar-refractivity contribution in [3.8, 4) is 0 Å². The highest BCUT2D eigenvalue weighted by Gasteiger charge is 2.19. The van der Waals surface area contributed by atoms with Crippen LogP contribution >= 0.6 is 0 Å². The molecule has 67 heavy (non-hydrogen) atoms. The number of esters is 2. The maximum absolute atomic E-state index is 12.6. The minimum atomic E-state index is 0.00282. The smallest absolute Gasteiger partial charge is 0.305 e. The van der Waals surface area contributed by atoms with Crippen molar-refractivity contribution >= 4 is 17.7 Å². The first-order valence-electron chi connectivity index (χ1n) is 30.0. The summed E-state index contributed by atoms with van der Waals surface area (Å²) < 4.78 is 11.6. The highest BCUT2D eigenvalue weighted by atomic mass is 16.5. The summed E-state index contributed by atoms with van der Waals surface area (Å²) in [5.41, 5.74) is 0. The number of aliphatic hydroxyl groups excluding tert-OH is 1. The fourth-order valence-electron chi connectivity index (χ4n) is 9.90. The summed E-state index contributed by atoms with van der Waals surface area (Å²) in [6, 6.07) is 0.593. The van der Waals surface area contributed by atoms with Crippen molar-refractivity contribution in [2.45, 2.75) is 323 Å². The van der Waals surface area contributed by atoms with Gasteiger partial charge in [0.2, 0.25) is 0 Å². The van der Waals surface area contributed by atoms with Crippen LogP contribution in [0, 0.1) is 11.8 Å². The minimum absolute atomic E-state index is 0.00282. The van der Waals surface area contributed by atoms with Crippen molar-refractivity contribution in [1.82, 2.24) is 4.90 Å². The Kier molecular flexibility index (Phi) is 51.2. The van der Waals surface area contributed by atoms with E-state index in [1.54, 1.807) is 0 Å². The highest BCUT2D eigenvalue weighted by Crippen LogP contribution is 2.23. The van der Waals surface area contributed by atoms with Gasteiger partial charge in [0, 0.05) is 38.3 Å². The molecule has 0 bridgehead atoms. The highest BCUT2D eigenvalue weighted by molar-refractivity contribution is 5.78. The molecule has 0 aliphatic heterocycles. The van der Waals surface area contributed by atoms with Crippen LogP contribution in [0.1, 0.15) is 317 Å². The summed E-state index contributed by atoms with van der Waals surface area (Å²) in [6.45, 7) is 14.9. The van der Waals surface area contributed by atoms with Gasteiger partial charge in [-0.2, -0.15) is 0 Å². The van der Waals surface area contributed by atoms with E-state index < -0.39 is 0 Å². The number of carbonyl (C=O) groups is 3. The molecule has 0 saturated heterocycles. The van der Waals surface area contributed by atoms with Crippen LogP contribution in [0.15, 0.2) is 0 Å². The number of ether oxygens (including phenoxy) is 2. The first kappa shape index (κ1) is 65.5. The van der Waals surface area contributed by atoms with Crippen LogP contribution in [0.2, 0.25) is 0 Å². The van der Waals surface area contributed by atoms with E-state index in [1.807, 2.05) is 0 Å². The standard InChI is InChI=1S/C60H117NO6/c1-6-11-16-19-24-29-37-50-61(51-38-36-46-58(63)47-39-52-62)57(44-32-25-20-22-27-34-48-59(64)66-53-55(40-14-9-4)42-30-17-12-7-2)45-33-26-21-23-28-35-49-60(65)67-54-56(41-15-10-5)43-31-18-13-8-3/h55-57,62H,6-54H2,1-5H3. The van der Waals surface area contributed by atoms with E-state index in [2.05, 4.69) is 39.5 Å². The summed E-state index contributed by atoms with van der Waals surface area (Å²) >= 11 is 0. The second-order valence-corrected chi connectivity index (χ2v) is 21.0. The maximum Gasteiger partial charge on any atom is 0.305 e. The number of Topliss-reactive ketones (excluding diaryl/α,β-unsaturated/α-hetero) is 1. The predicted molar refractivity (Wildman–Crippen MR) is 288 cm³/mol. The number of hydrogen-bond acceptors (Lipinski definition) is 7. The molecular formula is C60H117NO6. The monoisotopic (exact) mass is 948 g/mol. The molecule has 0 aromatic carbocycles. The maximum atomic E-state index is 12.6. The van der Waals surface area contributed by atoms with Gasteiger partial charge in [0.15, 0.2) is 0 Å². The van der Waals surface area contributed by atoms with Crippen molar-refractivity contribution in [3.05, 3.63) is 0 Å². The number of aliphatic hydroxyl groups is 1. The topological polar surface area (TPSA) is 93.1 Å². The molecule has 0 radical (unpaired) electrons. The molecule has 0 aliphatic rings. The zero-order valence-corrected chi connectivity index (χ0v) is 45.8. The molecule has 0 aromatic heterocycles. The molecule has 7 nitrogen and oxygen atoms in total. The van der Waals surface area contributed by atoms with Gasteiger partial charge in [-0.15, -0.1) is 0 Å². The lowest BCUT2D eigenvalue weighted by atomic mass is 9.96. The fourth-order valence-corrected chi connectivity index (χ4v) is 9.90. The molecule has 7 heteroatoms. The van der Waals surface area contributed by atoms with Crippen LogP contribution < -0.4 is 0 Å². The van der Waals surface area contributed by atoms with Crippen molar-refractivity contribution in [2.24, 2.45) is 11.8 Å². The molecule has 2 atom stereocenters. The number of unbranched alkanes of at least 4 members (excludes halogenated alkanes) is 25. The molecule has 0 amide bonds. The molecule has 0 saturated carbocycles. The van der Waals surface area contributed by atoms with Crippen LogP contribution in [0.5, 0.6) is 0 Å². The van der Waals surface area contributed by atoms with E-state index in [9.17, 15) is 19.5 Å². The van der Waals surface area contributed by atoms with Gasteiger partial charge in [-0.25, -0.2) is 0 Å². The predicted octanol–water partition coefficient (Wildman–Crippen LogP) is 17.8. The summed E-state index contributed by atoms with van der Waals surface area (Å²) in [5.74, 6) is 1.36. The molecule has 398 valence electrons. The van der Waals surface area contributed by atoms with E-state index in [4.69, 9.17) is 9.47 Å². The Morgan fingerprint density at radius 2 is 0.672 bits per heavy atom. The lowest BCUT2D eigenvalue weighted by molar-refractivity contribution is -0.146. The van der Waals surface area contributed by atoms with Gasteiger partial charge in [-0.1, -0.05) is 214 Å². The van der Waals surface area contributed by atoms with Gasteiger partial charge < -0.3 is 19.5 Å². The first-order chi connectivity index (χ1) is 32.8. The Hall–Kier alpha value is -1.47. The zero-order chi connectivity index (χ0) is 49.1. The quantitative estimate of drug-likeness (QED) is 0.0479. The van der Waals surface area contributed by atoms with Crippen LogP contribution in [0.3, 0.4) is 0 Å². The third-order valence-electron chi connectivity index (χ3n) is 14.5. The second kappa shape index (κ2) is 52.4. The van der Waals surface area contributed by atoms with Gasteiger partial charge in [-0.3, -0.25) is 14.4 Å². The molecule has 0 fully saturated rings. The van der Waals surface area contributed by atoms with Gasteiger partial charge in [-0.05, 0) is 102 Å². The van der Waals surface area contributed by atoms with Crippen molar-refractivity contribution in [3.63, 3.8) is 0 Å². The first-order valence-corrected chi connectivity index (χ1v) is 30.0. The Morgan fingerprint density at radius 3 is 1.10 bits per heavy atom. The van der Waals surface area contributed by atoms with E-state index >= 15 is 0 Å². The normalized spacial score (nSPS) is 13.0. The van der Waals surface area contributed by atoms with E-state index in [1.165, 1.54) is 218 Å². The van der Waals surface area contributed by atoms with Crippen molar-refractivity contribution < 1.29 is 29.0 Å². The number of nitrogens with zero attached hydrogens (tertiary/aromatic N) is 1. The van der Waals surface area contributed by atoms with Gasteiger partial charge in [0.1, 0.15) is 5.78 Å². The summed E-state index contributed by atoms with van der Waals surface area (Å²) in [4.78, 5) is 40.5. The largest absolute Gasteiger partial charge is 0.465 e. The molecule has 0 aliphatic carbocycles. The van der Waals surface area contributed by atoms with Gasteiger partial charge >= 0.3 is 11.9 Å². The zero-order valence-electron chi connectivity index (χ0n) is 45.8. The Morgan fingerprint density at radius 1 is 0.358 bits per heavy atom. The number of carbonyl (C=O) groups excluding carboxylic acids is 3. The van der Waals surface area contributed by atoms with E-state index in [-0.39, 0.29) is 18.5 Å². The molecule has 2 unspecified atom stereocenters. The van der Waals surface area contributed by atoms with Gasteiger partial charge in [0.25, 0.3) is 0 Å². The van der Waals surface area contributed by atoms with Crippen LogP contribution in [0.4, 0.5) is 0 Å². The van der Waals surface area contributed by atoms with Crippen molar-refractivity contribution in [2.75, 3.05) is 32.9 Å². The molecule has 0 heterocycles. The Balaban J connectivity index is 5.06. The minimum Gasteiger partial charge on any atom is -0.465 e. The number of hydrogen-bond donors (Lipinski definition) is 1. The van der Waals surface area contributed by atoms with E-state index in [0.717, 1.165) is 45.1 Å². The van der Waals surface area contributed by atoms with Crippen LogP contribution in [-0.4, -0.2) is 66.7 Å². The van der Waals surface area contributed by atoms with Crippen molar-refractivity contribution in [1.29, 1.82) is 0 Å². The summed E-state index contributed by atoms with van der Waals surface area (Å²) in [6.07, 6.45) is 50.4. The number of rotatable bonds is 55. The molecule has 0 aromatic rings. The molecular weight excluding hydrogens is 831 g/mol. The van der Waals surface area contributed by atoms with Crippen LogP contribution in [-0.2, 0) is 23.9 Å². The lowest BCUT2D eigenvalue weighted by Gasteiger charge is -2.32. The fraction of sp³-hybridized carbons (Fsp3) is 0.950. The summed E-state index contributed by atoms with van der Waals surface area (Å²) in [5, 5.41) is 9.19. The van der Waals surface area contributed by atoms with Gasteiger partial charge in [0.05, 0.1) is 13.2 Å². The Bertz CT molecular complexity index is 996. The third kappa shape index (κ3) is 45.4. The average Bonchev–Trinajstić information content (AvgIpc) is 3.33. The van der Waals surface area contributed by atoms with Crippen LogP contribution in [0.25, 0.3) is 0 Å². The second-order valence-electron chi connectivity index (χ2n) is 21.0. The van der Waals surface area contributed by atoms with E-state index in [0.29, 0.717) is 69.0 Å². The SMILES string of the molecule is CCCCCCCCCN(CCCCC(=O)CCCO)C(CCCCCCCCC(=O)OCC(CCCC)CCCCCC)CCCCCCCCC(=O)OCC(CCCC)CCCCCC. The lowest BCUT2D eigenvalue weighted by Crippen LogP contribution is -2.37. The molecule has 0 rings (SSSR count). The molecule has 0 spiro atoms. The Labute approximate surface area is 418 Å². The third-order valence-corrected chi connectivity index (χ3v) is 14.5. The summed E-state index contributed by atoms with van der Waals surface area (Å²) in [7, 11) is 0. The number of ketones is 1.